The molecule has 2 bridgehead atoms. The summed E-state index contributed by atoms with van der Waals surface area (Å²) in [5, 5.41) is 2.52. The number of carbonyl (C=O) groups is 2. The van der Waals surface area contributed by atoms with E-state index in [0.717, 1.165) is 5.56 Å². The van der Waals surface area contributed by atoms with Gasteiger partial charge >= 0.3 is 0 Å². The van der Waals surface area contributed by atoms with Gasteiger partial charge in [0.25, 0.3) is 11.8 Å². The zero-order valence-electron chi connectivity index (χ0n) is 11.9. The molecule has 0 unspecified atom stereocenters. The Morgan fingerprint density at radius 1 is 1.36 bits per heavy atom. The molecule has 114 valence electrons. The molecule has 1 N–H and O–H groups in total. The van der Waals surface area contributed by atoms with Crippen molar-refractivity contribution in [2.45, 2.75) is 25.0 Å². The van der Waals surface area contributed by atoms with Crippen LogP contribution in [-0.2, 0) is 25.6 Å². The van der Waals surface area contributed by atoms with Crippen molar-refractivity contribution < 1.29 is 19.1 Å². The lowest BCUT2D eigenvalue weighted by Crippen LogP contribution is -2.51. The van der Waals surface area contributed by atoms with Crippen LogP contribution in [0.5, 0.6) is 0 Å². The maximum Gasteiger partial charge on any atom is 0.255 e. The third-order valence-electron chi connectivity index (χ3n) is 3.64. The Morgan fingerprint density at radius 3 is 2.86 bits per heavy atom. The topological polar surface area (TPSA) is 67.9 Å². The Labute approximate surface area is 128 Å². The van der Waals surface area contributed by atoms with Gasteiger partial charge in [-0.1, -0.05) is 36.3 Å². The molecule has 22 heavy (non-hydrogen) atoms. The minimum Gasteiger partial charge on any atom is -0.343 e. The van der Waals surface area contributed by atoms with Gasteiger partial charge in [-0.2, -0.15) is 0 Å². The van der Waals surface area contributed by atoms with E-state index in [1.165, 1.54) is 0 Å². The van der Waals surface area contributed by atoms with E-state index < -0.39 is 24.4 Å². The lowest BCUT2D eigenvalue weighted by Gasteiger charge is -2.30. The van der Waals surface area contributed by atoms with Crippen molar-refractivity contribution in [3.63, 3.8) is 0 Å². The number of carbonyl (C=O) groups excluding carboxylic acids is 2. The zero-order chi connectivity index (χ0) is 15.5. The molecule has 2 fully saturated rings. The van der Waals surface area contributed by atoms with Gasteiger partial charge in [0, 0.05) is 6.54 Å². The largest absolute Gasteiger partial charge is 0.343 e. The monoisotopic (exact) mass is 300 g/mol. The van der Waals surface area contributed by atoms with Crippen LogP contribution in [0, 0.1) is 12.3 Å². The van der Waals surface area contributed by atoms with E-state index in [2.05, 4.69) is 11.2 Å². The Morgan fingerprint density at radius 2 is 2.14 bits per heavy atom. The molecule has 6 nitrogen and oxygen atoms in total. The van der Waals surface area contributed by atoms with E-state index in [4.69, 9.17) is 15.9 Å². The smallest absolute Gasteiger partial charge is 0.255 e. The minimum absolute atomic E-state index is 0.0952. The van der Waals surface area contributed by atoms with Crippen LogP contribution in [0.15, 0.2) is 30.3 Å². The van der Waals surface area contributed by atoms with Crippen LogP contribution >= 0.6 is 0 Å². The highest BCUT2D eigenvalue weighted by Crippen LogP contribution is 2.28. The Hall–Kier alpha value is -2.36. The van der Waals surface area contributed by atoms with E-state index in [1.54, 1.807) is 4.90 Å². The highest BCUT2D eigenvalue weighted by atomic mass is 16.7. The highest BCUT2D eigenvalue weighted by molar-refractivity contribution is 5.92. The van der Waals surface area contributed by atoms with Crippen LogP contribution < -0.4 is 5.32 Å². The predicted molar refractivity (Wildman–Crippen MR) is 77.2 cm³/mol. The quantitative estimate of drug-likeness (QED) is 0.788. The minimum atomic E-state index is -0.938. The molecule has 1 aromatic carbocycles. The molecule has 2 heterocycles. The average molecular weight is 300 g/mol. The zero-order valence-corrected chi connectivity index (χ0v) is 11.9. The molecule has 0 aromatic heterocycles. The van der Waals surface area contributed by atoms with Crippen LogP contribution in [0.1, 0.15) is 5.56 Å². The second kappa shape index (κ2) is 6.18. The lowest BCUT2D eigenvalue weighted by molar-refractivity contribution is -0.162. The molecule has 0 radical (unpaired) electrons. The van der Waals surface area contributed by atoms with Gasteiger partial charge in [0.2, 0.25) is 0 Å². The number of nitrogens with one attached hydrogen (secondary N) is 1. The van der Waals surface area contributed by atoms with Gasteiger partial charge in [-0.05, 0) is 5.56 Å². The Kier molecular flexibility index (Phi) is 4.09. The fourth-order valence-corrected chi connectivity index (χ4v) is 2.61. The molecule has 2 amide bonds. The van der Waals surface area contributed by atoms with Crippen molar-refractivity contribution >= 4 is 11.8 Å². The Bertz CT molecular complexity index is 610. The first-order valence-electron chi connectivity index (χ1n) is 7.04. The van der Waals surface area contributed by atoms with Gasteiger partial charge in [0.1, 0.15) is 0 Å². The number of terminal acetylenes is 1. The first-order chi connectivity index (χ1) is 10.7. The summed E-state index contributed by atoms with van der Waals surface area (Å²) in [6.07, 6.45) is 2.69. The van der Waals surface area contributed by atoms with Gasteiger partial charge in [0.15, 0.2) is 18.5 Å². The van der Waals surface area contributed by atoms with E-state index in [0.29, 0.717) is 13.1 Å². The lowest BCUT2D eigenvalue weighted by atomic mass is 10.1. The third kappa shape index (κ3) is 2.82. The van der Waals surface area contributed by atoms with Crippen molar-refractivity contribution in [1.82, 2.24) is 10.2 Å². The van der Waals surface area contributed by atoms with Crippen molar-refractivity contribution in [2.75, 3.05) is 13.1 Å². The molecule has 0 saturated carbocycles. The summed E-state index contributed by atoms with van der Waals surface area (Å²) in [6.45, 7) is 0.874. The average Bonchev–Trinajstić information content (AvgIpc) is 2.90. The first-order valence-corrected chi connectivity index (χ1v) is 7.04. The van der Waals surface area contributed by atoms with Gasteiger partial charge < -0.3 is 19.7 Å². The number of nitrogens with zero attached hydrogens (tertiary/aromatic N) is 1. The van der Waals surface area contributed by atoms with Crippen LogP contribution in [0.3, 0.4) is 0 Å². The van der Waals surface area contributed by atoms with Crippen LogP contribution in [0.4, 0.5) is 0 Å². The van der Waals surface area contributed by atoms with Crippen molar-refractivity contribution in [3.8, 4) is 12.3 Å². The number of benzene rings is 1. The fraction of sp³-hybridized carbons (Fsp3) is 0.375. The Balaban J connectivity index is 1.69. The molecule has 2 saturated heterocycles. The summed E-state index contributed by atoms with van der Waals surface area (Å²) in [5.74, 6) is 1.66. The molecule has 6 heteroatoms. The van der Waals surface area contributed by atoms with Crippen molar-refractivity contribution in [1.29, 1.82) is 0 Å². The summed E-state index contributed by atoms with van der Waals surface area (Å²) in [7, 11) is 0. The number of hydrogen-bond acceptors (Lipinski definition) is 4. The molecule has 0 aliphatic carbocycles. The first kappa shape index (κ1) is 14.6. The molecule has 2 aliphatic rings. The predicted octanol–water partition coefficient (Wildman–Crippen LogP) is -0.112. The summed E-state index contributed by atoms with van der Waals surface area (Å²) in [4.78, 5) is 26.1. The third-order valence-corrected chi connectivity index (χ3v) is 3.64. The molecule has 2 aliphatic heterocycles. The molecular weight excluding hydrogens is 284 g/mol. The normalized spacial score (nSPS) is 26.6. The SMILES string of the molecule is C#CCNC(=O)[C@@H]1O[C@H]2CN(Cc3ccccc3)C(=O)[C@@H]1O2. The standard InChI is InChI=1S/C16H16N2O4/c1-2-8-17-15(19)13-14-16(20)18(10-12(21-13)22-14)9-11-6-4-3-5-7-11/h1,3-7,12-14H,8-10H2,(H,17,19)/t12-,13-,14-/m1/s1. The van der Waals surface area contributed by atoms with Crippen molar-refractivity contribution in [2.24, 2.45) is 0 Å². The van der Waals surface area contributed by atoms with Crippen LogP contribution in [0.25, 0.3) is 0 Å². The molecule has 0 spiro atoms. The summed E-state index contributed by atoms with van der Waals surface area (Å²) >= 11 is 0. The molecule has 3 rings (SSSR count). The van der Waals surface area contributed by atoms with Crippen LogP contribution in [-0.4, -0.2) is 48.3 Å². The maximum atomic E-state index is 12.5. The fourth-order valence-electron chi connectivity index (χ4n) is 2.61. The van der Waals surface area contributed by atoms with Crippen LogP contribution in [0.2, 0.25) is 0 Å². The van der Waals surface area contributed by atoms with E-state index in [9.17, 15) is 9.59 Å². The number of ether oxygens (including phenoxy) is 2. The number of rotatable bonds is 4. The van der Waals surface area contributed by atoms with Gasteiger partial charge in [0.05, 0.1) is 13.1 Å². The molecule has 3 atom stereocenters. The summed E-state index contributed by atoms with van der Waals surface area (Å²) < 4.78 is 11.0. The van der Waals surface area contributed by atoms with Gasteiger partial charge in [-0.25, -0.2) is 0 Å². The maximum absolute atomic E-state index is 12.5. The van der Waals surface area contributed by atoms with E-state index in [1.807, 2.05) is 30.3 Å². The number of hydrogen-bond donors (Lipinski definition) is 1. The van der Waals surface area contributed by atoms with Gasteiger partial charge in [-0.15, -0.1) is 6.42 Å². The summed E-state index contributed by atoms with van der Waals surface area (Å²) in [5.41, 5.74) is 1.02. The number of morpholine rings is 1. The molecule has 1 aromatic rings. The second-order valence-corrected chi connectivity index (χ2v) is 5.17. The van der Waals surface area contributed by atoms with Crippen molar-refractivity contribution in [3.05, 3.63) is 35.9 Å². The number of fused-ring (bicyclic) bond motifs is 2. The number of amides is 2. The second-order valence-electron chi connectivity index (χ2n) is 5.17. The summed E-state index contributed by atoms with van der Waals surface area (Å²) in [6, 6.07) is 9.65. The van der Waals surface area contributed by atoms with E-state index >= 15 is 0 Å². The molecular formula is C16H16N2O4. The van der Waals surface area contributed by atoms with Gasteiger partial charge in [-0.3, -0.25) is 9.59 Å². The van der Waals surface area contributed by atoms with E-state index in [-0.39, 0.29) is 12.5 Å². The highest BCUT2D eigenvalue weighted by Gasteiger charge is 2.50.